The number of carbonyl (C=O) groups is 1. The normalized spacial score (nSPS) is 14.1. The first-order valence-corrected chi connectivity index (χ1v) is 5.44. The second-order valence-electron chi connectivity index (χ2n) is 3.91. The van der Waals surface area contributed by atoms with Crippen molar-refractivity contribution < 1.29 is 9.53 Å². The number of hydrogen-bond donors (Lipinski definition) is 1. The molecule has 2 N–H and O–H groups in total. The van der Waals surface area contributed by atoms with Crippen LogP contribution < -0.4 is 15.4 Å². The van der Waals surface area contributed by atoms with Crippen LogP contribution in [0.2, 0.25) is 0 Å². The molecule has 1 aliphatic rings. The highest BCUT2D eigenvalue weighted by atomic mass is 16.5. The Balaban J connectivity index is 2.11. The first-order valence-electron chi connectivity index (χ1n) is 5.44. The molecule has 2 rings (SSSR count). The average Bonchev–Trinajstić information content (AvgIpc) is 2.56. The van der Waals surface area contributed by atoms with Gasteiger partial charge in [0.25, 0.3) is 0 Å². The van der Waals surface area contributed by atoms with E-state index in [1.54, 1.807) is 11.9 Å². The highest BCUT2D eigenvalue weighted by molar-refractivity contribution is 6.01. The molecule has 1 aliphatic heterocycles. The molecule has 0 saturated heterocycles. The molecule has 16 heavy (non-hydrogen) atoms. The van der Waals surface area contributed by atoms with Crippen LogP contribution in [-0.2, 0) is 11.2 Å². The third kappa shape index (κ3) is 2.02. The second-order valence-corrected chi connectivity index (χ2v) is 3.91. The van der Waals surface area contributed by atoms with Gasteiger partial charge in [-0.25, -0.2) is 0 Å². The van der Waals surface area contributed by atoms with E-state index in [2.05, 4.69) is 0 Å². The summed E-state index contributed by atoms with van der Waals surface area (Å²) >= 11 is 0. The minimum atomic E-state index is 0.133. The highest BCUT2D eigenvalue weighted by Crippen LogP contribution is 2.31. The molecule has 0 saturated carbocycles. The van der Waals surface area contributed by atoms with Crippen LogP contribution in [0.1, 0.15) is 12.0 Å². The lowest BCUT2D eigenvalue weighted by Gasteiger charge is -2.12. The summed E-state index contributed by atoms with van der Waals surface area (Å²) in [6.45, 7) is 1.25. The summed E-state index contributed by atoms with van der Waals surface area (Å²) in [4.78, 5) is 13.1. The fraction of sp³-hybridized carbons (Fsp3) is 0.417. The molecule has 0 atom stereocenters. The molecular formula is C12H16N2O2. The smallest absolute Gasteiger partial charge is 0.231 e. The molecule has 4 nitrogen and oxygen atoms in total. The molecule has 0 fully saturated rings. The average molecular weight is 220 g/mol. The summed E-state index contributed by atoms with van der Waals surface area (Å²) in [5.74, 6) is 0.933. The van der Waals surface area contributed by atoms with Gasteiger partial charge in [0, 0.05) is 13.1 Å². The van der Waals surface area contributed by atoms with Crippen molar-refractivity contribution >= 4 is 11.6 Å². The largest absolute Gasteiger partial charge is 0.493 e. The van der Waals surface area contributed by atoms with Crippen LogP contribution in [0.5, 0.6) is 5.75 Å². The number of amides is 1. The zero-order valence-corrected chi connectivity index (χ0v) is 9.40. The Kier molecular flexibility index (Phi) is 3.10. The van der Waals surface area contributed by atoms with Crippen LogP contribution in [0.25, 0.3) is 0 Å². The van der Waals surface area contributed by atoms with E-state index in [1.165, 1.54) is 0 Å². The summed E-state index contributed by atoms with van der Waals surface area (Å²) in [6, 6.07) is 5.77. The molecule has 0 spiro atoms. The fourth-order valence-electron chi connectivity index (χ4n) is 1.78. The van der Waals surface area contributed by atoms with Crippen LogP contribution >= 0.6 is 0 Å². The monoisotopic (exact) mass is 220 g/mol. The molecule has 1 heterocycles. The van der Waals surface area contributed by atoms with E-state index in [-0.39, 0.29) is 5.91 Å². The van der Waals surface area contributed by atoms with Crippen LogP contribution in [0.3, 0.4) is 0 Å². The molecule has 0 bridgehead atoms. The van der Waals surface area contributed by atoms with Gasteiger partial charge in [0.2, 0.25) is 5.91 Å². The maximum absolute atomic E-state index is 11.5. The number of carbonyl (C=O) groups excluding carboxylic acids is 1. The van der Waals surface area contributed by atoms with E-state index in [0.717, 1.165) is 23.4 Å². The summed E-state index contributed by atoms with van der Waals surface area (Å²) in [7, 11) is 1.79. The Hall–Kier alpha value is -1.55. The number of ether oxygens (including phenoxy) is 1. The number of hydrogen-bond acceptors (Lipinski definition) is 3. The Bertz CT molecular complexity index is 404. The van der Waals surface area contributed by atoms with Crippen molar-refractivity contribution in [3.8, 4) is 5.75 Å². The molecule has 1 aromatic carbocycles. The standard InChI is InChI=1S/C12H16N2O2/c1-14-11-8-10(16-6-2-5-13)4-3-9(11)7-12(14)15/h3-4,8H,2,5-7,13H2,1H3. The summed E-state index contributed by atoms with van der Waals surface area (Å²) < 4.78 is 5.54. The number of benzene rings is 1. The maximum atomic E-state index is 11.5. The summed E-state index contributed by atoms with van der Waals surface area (Å²) in [5.41, 5.74) is 7.41. The molecule has 0 aliphatic carbocycles. The zero-order valence-electron chi connectivity index (χ0n) is 9.40. The van der Waals surface area contributed by atoms with E-state index in [9.17, 15) is 4.79 Å². The number of nitrogens with zero attached hydrogens (tertiary/aromatic N) is 1. The predicted octanol–water partition coefficient (Wildman–Crippen LogP) is 0.933. The van der Waals surface area contributed by atoms with Crippen molar-refractivity contribution in [2.45, 2.75) is 12.8 Å². The van der Waals surface area contributed by atoms with Crippen molar-refractivity contribution in [3.05, 3.63) is 23.8 Å². The molecule has 1 aromatic rings. The van der Waals surface area contributed by atoms with E-state index in [1.807, 2.05) is 18.2 Å². The van der Waals surface area contributed by atoms with Gasteiger partial charge in [-0.05, 0) is 24.6 Å². The van der Waals surface area contributed by atoms with Gasteiger partial charge in [0.15, 0.2) is 0 Å². The van der Waals surface area contributed by atoms with Gasteiger partial charge < -0.3 is 15.4 Å². The van der Waals surface area contributed by atoms with E-state index >= 15 is 0 Å². The van der Waals surface area contributed by atoms with Gasteiger partial charge in [-0.2, -0.15) is 0 Å². The minimum Gasteiger partial charge on any atom is -0.493 e. The van der Waals surface area contributed by atoms with E-state index < -0.39 is 0 Å². The van der Waals surface area contributed by atoms with Crippen molar-refractivity contribution in [1.29, 1.82) is 0 Å². The Labute approximate surface area is 95.0 Å². The molecule has 0 radical (unpaired) electrons. The number of likely N-dealkylation sites (N-methyl/N-ethyl adjacent to an activating group) is 1. The topological polar surface area (TPSA) is 55.6 Å². The Morgan fingerprint density at radius 3 is 3.06 bits per heavy atom. The van der Waals surface area contributed by atoms with Gasteiger partial charge in [-0.15, -0.1) is 0 Å². The predicted molar refractivity (Wildman–Crippen MR) is 62.7 cm³/mol. The first kappa shape index (κ1) is 11.0. The van der Waals surface area contributed by atoms with Gasteiger partial charge >= 0.3 is 0 Å². The summed E-state index contributed by atoms with van der Waals surface area (Å²) in [5, 5.41) is 0. The Morgan fingerprint density at radius 2 is 2.31 bits per heavy atom. The number of anilines is 1. The number of fused-ring (bicyclic) bond motifs is 1. The van der Waals surface area contributed by atoms with Gasteiger partial charge in [-0.3, -0.25) is 4.79 Å². The van der Waals surface area contributed by atoms with Gasteiger partial charge in [-0.1, -0.05) is 6.07 Å². The lowest BCUT2D eigenvalue weighted by Crippen LogP contribution is -2.20. The maximum Gasteiger partial charge on any atom is 0.231 e. The van der Waals surface area contributed by atoms with E-state index in [0.29, 0.717) is 19.6 Å². The molecule has 1 amide bonds. The first-order chi connectivity index (χ1) is 7.72. The van der Waals surface area contributed by atoms with Crippen LogP contribution in [-0.4, -0.2) is 26.1 Å². The highest BCUT2D eigenvalue weighted by Gasteiger charge is 2.23. The third-order valence-electron chi connectivity index (χ3n) is 2.75. The quantitative estimate of drug-likeness (QED) is 0.768. The Morgan fingerprint density at radius 1 is 1.50 bits per heavy atom. The lowest BCUT2D eigenvalue weighted by atomic mass is 10.1. The van der Waals surface area contributed by atoms with Crippen LogP contribution in [0.4, 0.5) is 5.69 Å². The van der Waals surface area contributed by atoms with E-state index in [4.69, 9.17) is 10.5 Å². The van der Waals surface area contributed by atoms with Gasteiger partial charge in [0.1, 0.15) is 5.75 Å². The SMILES string of the molecule is CN1C(=O)Cc2ccc(OCCCN)cc21. The molecule has 86 valence electrons. The van der Waals surface area contributed by atoms with Crippen molar-refractivity contribution in [1.82, 2.24) is 0 Å². The van der Waals surface area contributed by atoms with Crippen LogP contribution in [0.15, 0.2) is 18.2 Å². The second kappa shape index (κ2) is 4.53. The van der Waals surface area contributed by atoms with Crippen molar-refractivity contribution in [3.63, 3.8) is 0 Å². The number of rotatable bonds is 4. The fourth-order valence-corrected chi connectivity index (χ4v) is 1.78. The molecule has 0 unspecified atom stereocenters. The molecular weight excluding hydrogens is 204 g/mol. The number of nitrogens with two attached hydrogens (primary N) is 1. The van der Waals surface area contributed by atoms with Crippen molar-refractivity contribution in [2.75, 3.05) is 25.1 Å². The summed E-state index contributed by atoms with van der Waals surface area (Å²) in [6.07, 6.45) is 1.33. The third-order valence-corrected chi connectivity index (χ3v) is 2.75. The lowest BCUT2D eigenvalue weighted by molar-refractivity contribution is -0.117. The molecule has 4 heteroatoms. The van der Waals surface area contributed by atoms with Gasteiger partial charge in [0.05, 0.1) is 18.7 Å². The molecule has 0 aromatic heterocycles. The zero-order chi connectivity index (χ0) is 11.5. The van der Waals surface area contributed by atoms with Crippen LogP contribution in [0, 0.1) is 0 Å². The minimum absolute atomic E-state index is 0.133. The van der Waals surface area contributed by atoms with Crippen molar-refractivity contribution in [2.24, 2.45) is 5.73 Å².